The monoisotopic (exact) mass is 617 g/mol. The maximum Gasteiger partial charge on any atom is 0.326 e. The lowest BCUT2D eigenvalue weighted by molar-refractivity contribution is -0.142. The van der Waals surface area contributed by atoms with Crippen LogP contribution in [0.25, 0.3) is 10.9 Å². The number of carboxylic acids is 2. The number of fused-ring (bicyclic) bond motifs is 1. The summed E-state index contributed by atoms with van der Waals surface area (Å²) in [6, 6.07) is 2.56. The minimum absolute atomic E-state index is 0.00768. The van der Waals surface area contributed by atoms with E-state index in [4.69, 9.17) is 28.0 Å². The molecule has 1 aromatic carbocycles. The first-order valence-corrected chi connectivity index (χ1v) is 14.3. The zero-order chi connectivity index (χ0) is 32.6. The van der Waals surface area contributed by atoms with Crippen LogP contribution in [0.4, 0.5) is 0 Å². The number of hydrogen-bond acceptors (Lipinski definition) is 8. The molecule has 2 rings (SSSR count). The molecule has 0 fully saturated rings. The fourth-order valence-electron chi connectivity index (χ4n) is 4.49. The highest BCUT2D eigenvalue weighted by Gasteiger charge is 2.30. The predicted octanol–water partition coefficient (Wildman–Crippen LogP) is -1.38. The quantitative estimate of drug-likeness (QED) is 0.0469. The summed E-state index contributed by atoms with van der Waals surface area (Å²) in [5.74, 6) is -4.72. The number of amides is 3. The molecule has 3 amide bonds. The number of benzene rings is 1. The van der Waals surface area contributed by atoms with E-state index in [9.17, 15) is 29.1 Å². The zero-order valence-corrected chi connectivity index (χ0v) is 24.5. The number of carbonyl (C=O) groups is 5. The maximum atomic E-state index is 13.4. The van der Waals surface area contributed by atoms with E-state index in [0.717, 1.165) is 10.9 Å². The highest BCUT2D eigenvalue weighted by atomic mass is 16.4. The van der Waals surface area contributed by atoms with Crippen LogP contribution in [-0.4, -0.2) is 88.1 Å². The second-order valence-electron chi connectivity index (χ2n) is 10.4. The van der Waals surface area contributed by atoms with Gasteiger partial charge in [-0.15, -0.1) is 0 Å². The van der Waals surface area contributed by atoms with E-state index in [1.165, 1.54) is 0 Å². The number of rotatable bonds is 20. The number of nitrogens with zero attached hydrogens (tertiary/aromatic N) is 1. The first-order valence-electron chi connectivity index (χ1n) is 14.3. The van der Waals surface area contributed by atoms with Gasteiger partial charge in [0.2, 0.25) is 17.7 Å². The highest BCUT2D eigenvalue weighted by Crippen LogP contribution is 2.19. The van der Waals surface area contributed by atoms with Gasteiger partial charge in [0.15, 0.2) is 5.96 Å². The number of nitrogens with two attached hydrogens (primary N) is 4. The van der Waals surface area contributed by atoms with Crippen molar-refractivity contribution in [2.24, 2.45) is 27.9 Å². The predicted molar refractivity (Wildman–Crippen MR) is 163 cm³/mol. The number of aliphatic imine (C=N–C) groups is 1. The number of hydrogen-bond donors (Lipinski definition) is 10. The molecule has 0 bridgehead atoms. The molecule has 1 heterocycles. The number of guanidine groups is 1. The molecule has 44 heavy (non-hydrogen) atoms. The lowest BCUT2D eigenvalue weighted by Gasteiger charge is -2.25. The van der Waals surface area contributed by atoms with Crippen LogP contribution >= 0.6 is 0 Å². The van der Waals surface area contributed by atoms with Crippen molar-refractivity contribution in [3.05, 3.63) is 36.0 Å². The summed E-state index contributed by atoms with van der Waals surface area (Å²) in [5, 5.41) is 27.3. The summed E-state index contributed by atoms with van der Waals surface area (Å²) in [7, 11) is 0. The van der Waals surface area contributed by atoms with Gasteiger partial charge in [0, 0.05) is 36.5 Å². The SMILES string of the molecule is NCCCCC(NC(=O)C(CCCN=C(N)N)NC(=O)C(N)CCC(=O)O)C(=O)NC(Cc1c[nH]c2ccccc12)C(=O)O. The number of aromatic amines is 1. The van der Waals surface area contributed by atoms with Gasteiger partial charge >= 0.3 is 11.9 Å². The minimum Gasteiger partial charge on any atom is -0.481 e. The van der Waals surface area contributed by atoms with Gasteiger partial charge < -0.3 is 54.1 Å². The largest absolute Gasteiger partial charge is 0.481 e. The molecule has 14 N–H and O–H groups in total. The molecule has 2 aromatic rings. The van der Waals surface area contributed by atoms with E-state index in [2.05, 4.69) is 25.9 Å². The van der Waals surface area contributed by atoms with Gasteiger partial charge in [-0.3, -0.25) is 24.2 Å². The summed E-state index contributed by atoms with van der Waals surface area (Å²) in [6.07, 6.45) is 2.68. The fourth-order valence-corrected chi connectivity index (χ4v) is 4.49. The third kappa shape index (κ3) is 11.9. The molecule has 1 aromatic heterocycles. The summed E-state index contributed by atoms with van der Waals surface area (Å²) in [5.41, 5.74) is 23.6. The van der Waals surface area contributed by atoms with E-state index in [0.29, 0.717) is 24.9 Å². The summed E-state index contributed by atoms with van der Waals surface area (Å²) >= 11 is 0. The Kier molecular flexibility index (Phi) is 14.6. The number of unbranched alkanes of at least 4 members (excludes halogenated alkanes) is 1. The van der Waals surface area contributed by atoms with E-state index < -0.39 is 53.8 Å². The van der Waals surface area contributed by atoms with Crippen LogP contribution in [0.5, 0.6) is 0 Å². The zero-order valence-electron chi connectivity index (χ0n) is 24.5. The normalized spacial score (nSPS) is 13.7. The highest BCUT2D eigenvalue weighted by molar-refractivity contribution is 5.94. The molecule has 0 radical (unpaired) electrons. The van der Waals surface area contributed by atoms with Gasteiger partial charge in [-0.25, -0.2) is 4.79 Å². The van der Waals surface area contributed by atoms with Gasteiger partial charge in [-0.1, -0.05) is 18.2 Å². The summed E-state index contributed by atoms with van der Waals surface area (Å²) < 4.78 is 0. The van der Waals surface area contributed by atoms with Gasteiger partial charge in [-0.2, -0.15) is 0 Å². The van der Waals surface area contributed by atoms with Crippen molar-refractivity contribution in [3.8, 4) is 0 Å². The average molecular weight is 618 g/mol. The van der Waals surface area contributed by atoms with E-state index in [-0.39, 0.29) is 51.0 Å². The van der Waals surface area contributed by atoms with Crippen molar-refractivity contribution in [1.29, 1.82) is 0 Å². The number of aliphatic carboxylic acids is 2. The molecular formula is C28H43N9O7. The number of aromatic nitrogens is 1. The van der Waals surface area contributed by atoms with E-state index in [1.807, 2.05) is 24.3 Å². The number of nitrogens with one attached hydrogen (secondary N) is 4. The van der Waals surface area contributed by atoms with Crippen LogP contribution in [-0.2, 0) is 30.4 Å². The topological polar surface area (TPSA) is 294 Å². The first-order chi connectivity index (χ1) is 20.9. The Bertz CT molecular complexity index is 1310. The Morgan fingerprint density at radius 2 is 1.45 bits per heavy atom. The van der Waals surface area contributed by atoms with Crippen LogP contribution in [0.2, 0.25) is 0 Å². The minimum atomic E-state index is -1.29. The molecule has 16 heteroatoms. The standard InChI is InChI=1S/C28H43N9O7/c29-12-4-3-8-20(26(42)37-22(27(43)44)14-16-15-34-19-7-2-1-6-17(16)19)36-25(41)21(9-5-13-33-28(31)32)35-24(40)18(30)10-11-23(38)39/h1-2,6-7,15,18,20-22,34H,3-5,8-14,29-30H2,(H,35,40)(H,36,41)(H,37,42)(H,38,39)(H,43,44)(H4,31,32,33). The van der Waals surface area contributed by atoms with Crippen molar-refractivity contribution in [1.82, 2.24) is 20.9 Å². The van der Waals surface area contributed by atoms with Crippen molar-refractivity contribution < 1.29 is 34.2 Å². The number of H-pyrrole nitrogens is 1. The molecule has 0 saturated heterocycles. The lowest BCUT2D eigenvalue weighted by Crippen LogP contribution is -2.57. The first kappa shape index (κ1) is 35.5. The molecule has 0 aliphatic heterocycles. The van der Waals surface area contributed by atoms with E-state index >= 15 is 0 Å². The Labute approximate surface area is 254 Å². The average Bonchev–Trinajstić information content (AvgIpc) is 3.38. The molecule has 0 spiro atoms. The van der Waals surface area contributed by atoms with Crippen LogP contribution in [0.3, 0.4) is 0 Å². The van der Waals surface area contributed by atoms with Crippen LogP contribution in [0.1, 0.15) is 50.5 Å². The Morgan fingerprint density at radius 1 is 0.841 bits per heavy atom. The molecule has 0 saturated carbocycles. The third-order valence-electron chi connectivity index (χ3n) is 6.88. The lowest BCUT2D eigenvalue weighted by atomic mass is 10.0. The van der Waals surface area contributed by atoms with Crippen LogP contribution in [0.15, 0.2) is 35.5 Å². The van der Waals surface area contributed by atoms with Crippen molar-refractivity contribution in [2.45, 2.75) is 75.5 Å². The molecular weight excluding hydrogens is 574 g/mol. The molecule has 16 nitrogen and oxygen atoms in total. The maximum absolute atomic E-state index is 13.4. The second-order valence-corrected chi connectivity index (χ2v) is 10.4. The molecule has 242 valence electrons. The van der Waals surface area contributed by atoms with Crippen LogP contribution in [0, 0.1) is 0 Å². The van der Waals surface area contributed by atoms with Crippen molar-refractivity contribution in [2.75, 3.05) is 13.1 Å². The Hall–Kier alpha value is -4.70. The van der Waals surface area contributed by atoms with Gasteiger partial charge in [0.25, 0.3) is 0 Å². The second kappa shape index (κ2) is 18.1. The smallest absolute Gasteiger partial charge is 0.326 e. The fraction of sp³-hybridized carbons (Fsp3) is 0.500. The third-order valence-corrected chi connectivity index (χ3v) is 6.88. The van der Waals surface area contributed by atoms with Gasteiger partial charge in [0.1, 0.15) is 18.1 Å². The van der Waals surface area contributed by atoms with E-state index in [1.54, 1.807) is 6.20 Å². The summed E-state index contributed by atoms with van der Waals surface area (Å²) in [4.78, 5) is 69.4. The molecule has 0 aliphatic carbocycles. The number of carbonyl (C=O) groups excluding carboxylic acids is 3. The molecule has 4 atom stereocenters. The number of carboxylic acid groups (broad SMARTS) is 2. The Balaban J connectivity index is 2.20. The van der Waals surface area contributed by atoms with Gasteiger partial charge in [0.05, 0.1) is 6.04 Å². The number of para-hydroxylation sites is 1. The van der Waals surface area contributed by atoms with Crippen LogP contribution < -0.4 is 38.9 Å². The molecule has 4 unspecified atom stereocenters. The summed E-state index contributed by atoms with van der Waals surface area (Å²) in [6.45, 7) is 0.500. The Morgan fingerprint density at radius 3 is 2.07 bits per heavy atom. The molecule has 0 aliphatic rings. The van der Waals surface area contributed by atoms with Gasteiger partial charge in [-0.05, 0) is 56.7 Å². The van der Waals surface area contributed by atoms with Crippen molar-refractivity contribution >= 4 is 46.5 Å². The van der Waals surface area contributed by atoms with Crippen molar-refractivity contribution in [3.63, 3.8) is 0 Å².